The highest BCUT2D eigenvalue weighted by Gasteiger charge is 2.61. The second-order valence-electron chi connectivity index (χ2n) is 11.1. The van der Waals surface area contributed by atoms with E-state index in [2.05, 4.69) is 0 Å². The average molecular weight is 535 g/mol. The van der Waals surface area contributed by atoms with Crippen molar-refractivity contribution in [3.63, 3.8) is 0 Å². The summed E-state index contributed by atoms with van der Waals surface area (Å²) >= 11 is 0. The lowest BCUT2D eigenvalue weighted by Gasteiger charge is -2.37. The molecule has 4 fully saturated rings. The van der Waals surface area contributed by atoms with Crippen LogP contribution in [0.3, 0.4) is 0 Å². The number of carbonyl (C=O) groups excluding carboxylic acids is 2. The summed E-state index contributed by atoms with van der Waals surface area (Å²) in [6.07, 6.45) is 7.41. The van der Waals surface area contributed by atoms with E-state index in [1.807, 2.05) is 4.90 Å². The number of rotatable bonds is 12. The van der Waals surface area contributed by atoms with E-state index < -0.39 is 20.2 Å². The third-order valence-corrected chi connectivity index (χ3v) is 10.4. The van der Waals surface area contributed by atoms with Gasteiger partial charge in [0.1, 0.15) is 0 Å². The van der Waals surface area contributed by atoms with Gasteiger partial charge in [-0.15, -0.1) is 0 Å². The minimum atomic E-state index is -4.09. The largest absolute Gasteiger partial charge is 0.303 e. The molecule has 2 bridgehead atoms. The van der Waals surface area contributed by atoms with Crippen molar-refractivity contribution in [2.45, 2.75) is 57.8 Å². The molecule has 4 aliphatic rings. The Labute approximate surface area is 208 Å². The quantitative estimate of drug-likeness (QED) is 0.282. The number of imide groups is 1. The standard InChI is InChI=1S/C23H38N2O8S2/c26-22-20-16-7-8-17(13-16)21(20)23(27)25(22)15-19-6-2-1-5-18(19)14-24(9-3-11-34(28,29)30)10-4-12-35(31,32)33/h16-21H,1-15H2,(H,28,29,30)(H,31,32,33)/t16-,17+,18-,19-,20+,21-/m0/s1. The fourth-order valence-electron chi connectivity index (χ4n) is 7.22. The molecule has 0 unspecified atom stereocenters. The Kier molecular flexibility index (Phi) is 8.26. The number of hydrogen-bond acceptors (Lipinski definition) is 7. The molecular formula is C23H38N2O8S2. The molecule has 1 heterocycles. The summed E-state index contributed by atoms with van der Waals surface area (Å²) in [6.45, 7) is 1.75. The van der Waals surface area contributed by atoms with Crippen LogP contribution in [0.1, 0.15) is 57.8 Å². The van der Waals surface area contributed by atoms with Crippen molar-refractivity contribution < 1.29 is 35.5 Å². The van der Waals surface area contributed by atoms with Crippen molar-refractivity contribution >= 4 is 32.1 Å². The summed E-state index contributed by atoms with van der Waals surface area (Å²) in [5.41, 5.74) is 0. The van der Waals surface area contributed by atoms with Gasteiger partial charge in [-0.2, -0.15) is 16.8 Å². The third-order valence-electron chi connectivity index (χ3n) is 8.75. The zero-order valence-electron chi connectivity index (χ0n) is 20.1. The molecule has 0 aromatic rings. The SMILES string of the molecule is O=C1[C@@H]2[C@H]3CC[C@H](C3)[C@@H]2C(=O)N1C[C@@H]1CCCC[C@H]1CN(CCCS(=O)(=O)O)CCCS(=O)(=O)O. The van der Waals surface area contributed by atoms with Gasteiger partial charge in [-0.25, -0.2) is 0 Å². The Morgan fingerprint density at radius 3 is 1.74 bits per heavy atom. The number of carbonyl (C=O) groups is 2. The molecule has 1 saturated heterocycles. The van der Waals surface area contributed by atoms with Crippen LogP contribution in [0.5, 0.6) is 0 Å². The minimum absolute atomic E-state index is 0.00897. The second kappa shape index (κ2) is 10.7. The summed E-state index contributed by atoms with van der Waals surface area (Å²) in [7, 11) is -8.18. The van der Waals surface area contributed by atoms with Gasteiger partial charge in [-0.05, 0) is 81.7 Å². The summed E-state index contributed by atoms with van der Waals surface area (Å²) in [5.74, 6) is 0.0714. The number of nitrogens with zero attached hydrogens (tertiary/aromatic N) is 2. The Morgan fingerprint density at radius 2 is 1.26 bits per heavy atom. The fraction of sp³-hybridized carbons (Fsp3) is 0.913. The Morgan fingerprint density at radius 1 is 0.771 bits per heavy atom. The van der Waals surface area contributed by atoms with Crippen LogP contribution in [0.4, 0.5) is 0 Å². The van der Waals surface area contributed by atoms with Gasteiger partial charge in [0, 0.05) is 13.1 Å². The van der Waals surface area contributed by atoms with E-state index in [0.717, 1.165) is 44.9 Å². The number of amides is 2. The molecule has 10 nitrogen and oxygen atoms in total. The van der Waals surface area contributed by atoms with Gasteiger partial charge >= 0.3 is 0 Å². The van der Waals surface area contributed by atoms with Crippen LogP contribution in [0, 0.1) is 35.5 Å². The van der Waals surface area contributed by atoms with E-state index in [1.54, 1.807) is 0 Å². The molecule has 2 N–H and O–H groups in total. The zero-order chi connectivity index (χ0) is 25.4. The van der Waals surface area contributed by atoms with E-state index >= 15 is 0 Å². The molecule has 3 saturated carbocycles. The van der Waals surface area contributed by atoms with Crippen molar-refractivity contribution in [1.82, 2.24) is 9.80 Å². The van der Waals surface area contributed by atoms with Gasteiger partial charge in [0.25, 0.3) is 20.2 Å². The normalized spacial score (nSPS) is 33.2. The smallest absolute Gasteiger partial charge is 0.264 e. The van der Waals surface area contributed by atoms with Gasteiger partial charge in [-0.1, -0.05) is 12.8 Å². The molecule has 0 spiro atoms. The van der Waals surface area contributed by atoms with Crippen LogP contribution in [0.2, 0.25) is 0 Å². The maximum Gasteiger partial charge on any atom is 0.264 e. The van der Waals surface area contributed by atoms with E-state index in [4.69, 9.17) is 9.11 Å². The van der Waals surface area contributed by atoms with E-state index in [0.29, 0.717) is 38.0 Å². The van der Waals surface area contributed by atoms with Gasteiger partial charge in [0.2, 0.25) is 11.8 Å². The molecule has 200 valence electrons. The second-order valence-corrected chi connectivity index (χ2v) is 14.2. The number of fused-ring (bicyclic) bond motifs is 5. The van der Waals surface area contributed by atoms with Crippen molar-refractivity contribution in [3.05, 3.63) is 0 Å². The average Bonchev–Trinajstić information content (AvgIpc) is 3.43. The van der Waals surface area contributed by atoms with Crippen LogP contribution < -0.4 is 0 Å². The number of hydrogen-bond donors (Lipinski definition) is 2. The maximum atomic E-state index is 13.2. The van der Waals surface area contributed by atoms with Crippen molar-refractivity contribution in [3.8, 4) is 0 Å². The molecule has 3 aliphatic carbocycles. The first-order chi connectivity index (χ1) is 16.4. The predicted octanol–water partition coefficient (Wildman–Crippen LogP) is 1.68. The summed E-state index contributed by atoms with van der Waals surface area (Å²) in [5, 5.41) is 0. The lowest BCUT2D eigenvalue weighted by atomic mass is 9.78. The Balaban J connectivity index is 1.39. The molecular weight excluding hydrogens is 496 g/mol. The zero-order valence-corrected chi connectivity index (χ0v) is 21.8. The highest BCUT2D eigenvalue weighted by atomic mass is 32.2. The first kappa shape index (κ1) is 27.0. The Bertz CT molecular complexity index is 949. The van der Waals surface area contributed by atoms with Crippen LogP contribution in [0.25, 0.3) is 0 Å². The number of likely N-dealkylation sites (tertiary alicyclic amines) is 1. The van der Waals surface area contributed by atoms with Crippen molar-refractivity contribution in [1.29, 1.82) is 0 Å². The highest BCUT2D eigenvalue weighted by Crippen LogP contribution is 2.56. The molecule has 1 aliphatic heterocycles. The monoisotopic (exact) mass is 534 g/mol. The van der Waals surface area contributed by atoms with Crippen molar-refractivity contribution in [2.24, 2.45) is 35.5 Å². The van der Waals surface area contributed by atoms with Gasteiger partial charge in [0.05, 0.1) is 23.3 Å². The summed E-state index contributed by atoms with van der Waals surface area (Å²) in [6, 6.07) is 0. The van der Waals surface area contributed by atoms with Crippen LogP contribution in [-0.2, 0) is 29.8 Å². The van der Waals surface area contributed by atoms with Crippen LogP contribution in [0.15, 0.2) is 0 Å². The fourth-order valence-corrected chi connectivity index (χ4v) is 8.21. The third kappa shape index (κ3) is 6.63. The minimum Gasteiger partial charge on any atom is -0.303 e. The molecule has 12 heteroatoms. The van der Waals surface area contributed by atoms with E-state index in [9.17, 15) is 26.4 Å². The lowest BCUT2D eigenvalue weighted by Crippen LogP contribution is -2.43. The van der Waals surface area contributed by atoms with Gasteiger partial charge in [0.15, 0.2) is 0 Å². The first-order valence-electron chi connectivity index (χ1n) is 12.9. The van der Waals surface area contributed by atoms with Crippen LogP contribution >= 0.6 is 0 Å². The molecule has 4 rings (SSSR count). The van der Waals surface area contributed by atoms with Crippen molar-refractivity contribution in [2.75, 3.05) is 37.7 Å². The maximum absolute atomic E-state index is 13.2. The molecule has 2 amide bonds. The molecule has 0 aromatic heterocycles. The molecule has 0 radical (unpaired) electrons. The first-order valence-corrected chi connectivity index (χ1v) is 16.1. The van der Waals surface area contributed by atoms with Gasteiger partial charge < -0.3 is 4.90 Å². The van der Waals surface area contributed by atoms with Crippen LogP contribution in [-0.4, -0.2) is 85.2 Å². The Hall–Kier alpha value is -1.08. The lowest BCUT2D eigenvalue weighted by molar-refractivity contribution is -0.142. The van der Waals surface area contributed by atoms with Gasteiger partial charge in [-0.3, -0.25) is 23.6 Å². The summed E-state index contributed by atoms with van der Waals surface area (Å²) < 4.78 is 62.7. The molecule has 35 heavy (non-hydrogen) atoms. The topological polar surface area (TPSA) is 149 Å². The van der Waals surface area contributed by atoms with E-state index in [1.165, 1.54) is 4.90 Å². The highest BCUT2D eigenvalue weighted by molar-refractivity contribution is 7.86. The molecule has 6 atom stereocenters. The predicted molar refractivity (Wildman–Crippen MR) is 128 cm³/mol. The van der Waals surface area contributed by atoms with E-state index in [-0.39, 0.29) is 59.8 Å². The molecule has 0 aromatic carbocycles. The summed E-state index contributed by atoms with van der Waals surface area (Å²) in [4.78, 5) is 29.9.